The normalized spacial score (nSPS) is 22.4. The molecule has 3 saturated heterocycles. The van der Waals surface area contributed by atoms with Gasteiger partial charge in [-0.2, -0.15) is 5.10 Å². The minimum atomic E-state index is -2.53. The van der Waals surface area contributed by atoms with Crippen LogP contribution in [0.3, 0.4) is 0 Å². The van der Waals surface area contributed by atoms with Crippen LogP contribution in [0.5, 0.6) is 0 Å². The molecule has 2 atom stereocenters. The largest absolute Gasteiger partial charge is 0.353 e. The summed E-state index contributed by atoms with van der Waals surface area (Å²) in [4.78, 5) is 13.9. The summed E-state index contributed by atoms with van der Waals surface area (Å²) < 4.78 is 27.9. The molecule has 0 N–H and O–H groups in total. The average Bonchev–Trinajstić information content (AvgIpc) is 3.02. The Morgan fingerprint density at radius 3 is 2.56 bits per heavy atom. The molecular formula is C18H24F2N6S. The number of hydrogen-bond acceptors (Lipinski definition) is 6. The second-order valence-electron chi connectivity index (χ2n) is 7.38. The van der Waals surface area contributed by atoms with Gasteiger partial charge in [0.15, 0.2) is 5.16 Å². The van der Waals surface area contributed by atoms with E-state index in [9.17, 15) is 8.78 Å². The van der Waals surface area contributed by atoms with Crippen molar-refractivity contribution in [2.45, 2.75) is 50.5 Å². The van der Waals surface area contributed by atoms with Crippen LogP contribution in [0.25, 0.3) is 0 Å². The fraction of sp³-hybridized carbons (Fsp3) is 0.611. The van der Waals surface area contributed by atoms with E-state index in [1.54, 1.807) is 25.0 Å². The molecule has 2 bridgehead atoms. The Kier molecular flexibility index (Phi) is 4.84. The van der Waals surface area contributed by atoms with Gasteiger partial charge in [0, 0.05) is 61.8 Å². The number of piperazine rings is 1. The van der Waals surface area contributed by atoms with Crippen LogP contribution in [0.15, 0.2) is 11.4 Å². The first kappa shape index (κ1) is 18.6. The predicted octanol–water partition coefficient (Wildman–Crippen LogP) is 2.95. The van der Waals surface area contributed by atoms with Crippen LogP contribution in [0.1, 0.15) is 35.4 Å². The predicted molar refractivity (Wildman–Crippen MR) is 101 cm³/mol. The van der Waals surface area contributed by atoms with E-state index in [1.165, 1.54) is 4.68 Å². The molecule has 3 aliphatic rings. The Labute approximate surface area is 162 Å². The lowest BCUT2D eigenvalue weighted by atomic mass is 9.86. The third kappa shape index (κ3) is 3.31. The van der Waals surface area contributed by atoms with Crippen molar-refractivity contribution in [3.63, 3.8) is 0 Å². The Morgan fingerprint density at radius 2 is 1.93 bits per heavy atom. The van der Waals surface area contributed by atoms with Crippen molar-refractivity contribution in [3.05, 3.63) is 28.7 Å². The molecule has 3 fully saturated rings. The Morgan fingerprint density at radius 1 is 1.22 bits per heavy atom. The molecule has 2 unspecified atom stereocenters. The topological polar surface area (TPSA) is 50.1 Å². The minimum absolute atomic E-state index is 0.0915. The van der Waals surface area contributed by atoms with Crippen molar-refractivity contribution in [2.24, 2.45) is 7.05 Å². The molecule has 0 aliphatic carbocycles. The van der Waals surface area contributed by atoms with Crippen LogP contribution in [0, 0.1) is 13.8 Å². The number of thioether (sulfide) groups is 1. The molecule has 146 valence electrons. The van der Waals surface area contributed by atoms with E-state index in [1.807, 2.05) is 13.2 Å². The Bertz CT molecular complexity index is 843. The maximum Gasteiger partial charge on any atom is 0.282 e. The highest BCUT2D eigenvalue weighted by Crippen LogP contribution is 2.37. The number of rotatable bonds is 5. The summed E-state index contributed by atoms with van der Waals surface area (Å²) in [5.74, 6) is 1.01. The van der Waals surface area contributed by atoms with Gasteiger partial charge in [-0.3, -0.25) is 9.58 Å². The van der Waals surface area contributed by atoms with Gasteiger partial charge in [0.1, 0.15) is 11.5 Å². The number of halogens is 2. The molecule has 2 aromatic heterocycles. The number of fused-ring (bicyclic) bond motifs is 2. The van der Waals surface area contributed by atoms with Gasteiger partial charge in [-0.25, -0.2) is 18.7 Å². The summed E-state index contributed by atoms with van der Waals surface area (Å²) in [6.07, 6.45) is 2.28. The summed E-state index contributed by atoms with van der Waals surface area (Å²) in [5, 5.41) is 4.72. The smallest absolute Gasteiger partial charge is 0.282 e. The molecule has 2 aromatic rings. The molecule has 0 radical (unpaired) electrons. The van der Waals surface area contributed by atoms with Gasteiger partial charge in [0.05, 0.1) is 0 Å². The quantitative estimate of drug-likeness (QED) is 0.574. The van der Waals surface area contributed by atoms with Crippen molar-refractivity contribution < 1.29 is 8.78 Å². The molecule has 27 heavy (non-hydrogen) atoms. The molecule has 0 aromatic carbocycles. The standard InChI is InChI=1S/C18H24F2N6S/c1-10-11(2)21-18(27-4)22-17(10)25-8-13-5-14(9-25)26(13)7-12-6-24(3)23-15(12)16(19)20/h6,13-14,16H,5,7-9H2,1-4H3. The van der Waals surface area contributed by atoms with Crippen molar-refractivity contribution in [1.29, 1.82) is 0 Å². The number of nitrogens with zero attached hydrogens (tertiary/aromatic N) is 6. The third-order valence-corrected chi connectivity index (χ3v) is 6.21. The van der Waals surface area contributed by atoms with Gasteiger partial charge in [0.25, 0.3) is 6.43 Å². The lowest BCUT2D eigenvalue weighted by Gasteiger charge is -2.56. The first-order valence-corrected chi connectivity index (χ1v) is 10.3. The molecule has 5 heterocycles. The van der Waals surface area contributed by atoms with Crippen molar-refractivity contribution in [1.82, 2.24) is 24.6 Å². The summed E-state index contributed by atoms with van der Waals surface area (Å²) in [6, 6.07) is 0.726. The van der Waals surface area contributed by atoms with Crippen LogP contribution in [-0.4, -0.2) is 56.1 Å². The monoisotopic (exact) mass is 394 g/mol. The molecule has 0 spiro atoms. The summed E-state index contributed by atoms with van der Waals surface area (Å²) in [6.45, 7) is 6.36. The van der Waals surface area contributed by atoms with Gasteiger partial charge in [-0.05, 0) is 26.5 Å². The second kappa shape index (κ2) is 7.01. The van der Waals surface area contributed by atoms with Crippen molar-refractivity contribution >= 4 is 17.6 Å². The highest BCUT2D eigenvalue weighted by molar-refractivity contribution is 7.98. The number of aromatic nitrogens is 4. The molecule has 6 nitrogen and oxygen atoms in total. The second-order valence-corrected chi connectivity index (χ2v) is 8.15. The molecule has 9 heteroatoms. The lowest BCUT2D eigenvalue weighted by molar-refractivity contribution is -0.00971. The minimum Gasteiger partial charge on any atom is -0.353 e. The van der Waals surface area contributed by atoms with Crippen LogP contribution in [-0.2, 0) is 13.6 Å². The van der Waals surface area contributed by atoms with E-state index in [0.29, 0.717) is 24.2 Å². The van der Waals surface area contributed by atoms with E-state index < -0.39 is 6.43 Å². The van der Waals surface area contributed by atoms with Crippen LogP contribution in [0.2, 0.25) is 0 Å². The first-order valence-electron chi connectivity index (χ1n) is 9.07. The van der Waals surface area contributed by atoms with Crippen LogP contribution >= 0.6 is 11.8 Å². The maximum absolute atomic E-state index is 13.2. The van der Waals surface area contributed by atoms with Gasteiger partial charge >= 0.3 is 0 Å². The van der Waals surface area contributed by atoms with E-state index in [4.69, 9.17) is 4.98 Å². The highest BCUT2D eigenvalue weighted by Gasteiger charge is 2.45. The van der Waals surface area contributed by atoms with E-state index in [-0.39, 0.29) is 5.69 Å². The van der Waals surface area contributed by atoms with Crippen molar-refractivity contribution in [2.75, 3.05) is 24.2 Å². The average molecular weight is 394 g/mol. The zero-order chi connectivity index (χ0) is 19.3. The number of alkyl halides is 2. The van der Waals surface area contributed by atoms with Gasteiger partial charge < -0.3 is 4.90 Å². The first-order chi connectivity index (χ1) is 12.9. The van der Waals surface area contributed by atoms with Crippen LogP contribution < -0.4 is 4.90 Å². The van der Waals surface area contributed by atoms with Crippen molar-refractivity contribution in [3.8, 4) is 0 Å². The van der Waals surface area contributed by atoms with Gasteiger partial charge in [-0.15, -0.1) is 0 Å². The SMILES string of the molecule is CSc1nc(C)c(C)c(N2CC3CC(C2)N3Cc2cn(C)nc2C(F)F)n1. The van der Waals surface area contributed by atoms with E-state index >= 15 is 0 Å². The molecule has 3 aliphatic heterocycles. The molecular weight excluding hydrogens is 370 g/mol. The Hall–Kier alpha value is -1.74. The van der Waals surface area contributed by atoms with Gasteiger partial charge in [-0.1, -0.05) is 11.8 Å². The zero-order valence-corrected chi connectivity index (χ0v) is 16.8. The molecule has 0 amide bonds. The van der Waals surface area contributed by atoms with Crippen LogP contribution in [0.4, 0.5) is 14.6 Å². The maximum atomic E-state index is 13.2. The summed E-state index contributed by atoms with van der Waals surface area (Å²) >= 11 is 1.55. The fourth-order valence-electron chi connectivity index (χ4n) is 4.16. The lowest BCUT2D eigenvalue weighted by Crippen LogP contribution is -2.68. The number of aryl methyl sites for hydroxylation is 2. The third-order valence-electron chi connectivity index (χ3n) is 5.67. The number of piperidine rings is 1. The summed E-state index contributed by atoms with van der Waals surface area (Å²) in [7, 11) is 1.69. The fourth-order valence-corrected chi connectivity index (χ4v) is 4.57. The number of anilines is 1. The highest BCUT2D eigenvalue weighted by atomic mass is 32.2. The summed E-state index contributed by atoms with van der Waals surface area (Å²) in [5.41, 5.74) is 2.67. The molecule has 5 rings (SSSR count). The zero-order valence-electron chi connectivity index (χ0n) is 16.0. The Balaban J connectivity index is 1.50. The molecule has 0 saturated carbocycles. The number of hydrogen-bond donors (Lipinski definition) is 0. The van der Waals surface area contributed by atoms with E-state index in [0.717, 1.165) is 41.7 Å². The van der Waals surface area contributed by atoms with Gasteiger partial charge in [0.2, 0.25) is 0 Å². The van der Waals surface area contributed by atoms with E-state index in [2.05, 4.69) is 26.8 Å².